The molecule has 0 heterocycles. The van der Waals surface area contributed by atoms with Gasteiger partial charge in [0.1, 0.15) is 0 Å². The minimum Gasteiger partial charge on any atom is -0.481 e. The summed E-state index contributed by atoms with van der Waals surface area (Å²) in [6, 6.07) is 9.13. The second-order valence-electron chi connectivity index (χ2n) is 4.12. The molecule has 17 heavy (non-hydrogen) atoms. The summed E-state index contributed by atoms with van der Waals surface area (Å²) in [7, 11) is 0. The van der Waals surface area contributed by atoms with Crippen molar-refractivity contribution in [1.82, 2.24) is 0 Å². The summed E-state index contributed by atoms with van der Waals surface area (Å²) in [6.07, 6.45) is 7.12. The van der Waals surface area contributed by atoms with Crippen LogP contribution in [0.5, 0.6) is 0 Å². The fourth-order valence-corrected chi connectivity index (χ4v) is 1.45. The Labute approximate surface area is 105 Å². The van der Waals surface area contributed by atoms with E-state index < -0.39 is 5.97 Å². The average molecular weight is 236 g/mol. The van der Waals surface area contributed by atoms with Gasteiger partial charge in [-0.15, -0.1) is 0 Å². The predicted octanol–water partition coefficient (Wildman–Crippen LogP) is 4.29. The highest BCUT2D eigenvalue weighted by Crippen LogP contribution is 2.00. The molecule has 0 bridgehead atoms. The molecule has 0 atom stereocenters. The maximum Gasteiger partial charge on any atom is 0.307 e. The van der Waals surface area contributed by atoms with Crippen molar-refractivity contribution >= 4 is 5.97 Å². The summed E-state index contributed by atoms with van der Waals surface area (Å²) in [5.41, 5.74) is 0.843. The van der Waals surface area contributed by atoms with Crippen LogP contribution in [0, 0.1) is 0 Å². The fourth-order valence-electron chi connectivity index (χ4n) is 1.45. The number of carbonyl (C=O) groups is 1. The normalized spacial score (nSPS) is 9.29. The van der Waals surface area contributed by atoms with E-state index in [9.17, 15) is 4.79 Å². The van der Waals surface area contributed by atoms with Crippen LogP contribution in [0.25, 0.3) is 0 Å². The molecule has 2 nitrogen and oxygen atoms in total. The van der Waals surface area contributed by atoms with Crippen molar-refractivity contribution in [3.05, 3.63) is 35.9 Å². The third kappa shape index (κ3) is 11.0. The Morgan fingerprint density at radius 1 is 1.00 bits per heavy atom. The van der Waals surface area contributed by atoms with Crippen molar-refractivity contribution in [2.45, 2.75) is 52.4 Å². The van der Waals surface area contributed by atoms with Crippen LogP contribution in [-0.4, -0.2) is 11.1 Å². The van der Waals surface area contributed by atoms with Crippen molar-refractivity contribution in [3.8, 4) is 0 Å². The molecule has 0 saturated carbocycles. The van der Waals surface area contributed by atoms with Crippen molar-refractivity contribution < 1.29 is 9.90 Å². The molecule has 2 heteroatoms. The van der Waals surface area contributed by atoms with E-state index in [1.165, 1.54) is 32.1 Å². The summed E-state index contributed by atoms with van der Waals surface area (Å²) < 4.78 is 0. The zero-order valence-corrected chi connectivity index (χ0v) is 11.0. The molecule has 0 unspecified atom stereocenters. The number of benzene rings is 1. The van der Waals surface area contributed by atoms with Gasteiger partial charge in [-0.25, -0.2) is 0 Å². The SMILES string of the molecule is CCCCCCC.O=C(O)Cc1ccccc1. The molecule has 1 rings (SSSR count). The number of rotatable bonds is 6. The van der Waals surface area contributed by atoms with E-state index in [4.69, 9.17) is 5.11 Å². The summed E-state index contributed by atoms with van der Waals surface area (Å²) in [6.45, 7) is 4.49. The van der Waals surface area contributed by atoms with Crippen LogP contribution in [0.2, 0.25) is 0 Å². The monoisotopic (exact) mass is 236 g/mol. The van der Waals surface area contributed by atoms with Gasteiger partial charge < -0.3 is 5.11 Å². The first kappa shape index (κ1) is 15.7. The van der Waals surface area contributed by atoms with Gasteiger partial charge in [-0.3, -0.25) is 4.79 Å². The van der Waals surface area contributed by atoms with Crippen molar-refractivity contribution in [1.29, 1.82) is 0 Å². The van der Waals surface area contributed by atoms with Gasteiger partial charge in [0, 0.05) is 0 Å². The number of aliphatic carboxylic acids is 1. The largest absolute Gasteiger partial charge is 0.481 e. The zero-order valence-electron chi connectivity index (χ0n) is 11.0. The van der Waals surface area contributed by atoms with Crippen molar-refractivity contribution in [2.75, 3.05) is 0 Å². The first-order valence-electron chi connectivity index (χ1n) is 6.46. The molecule has 1 aromatic rings. The van der Waals surface area contributed by atoms with Crippen LogP contribution in [0.1, 0.15) is 51.5 Å². The Morgan fingerprint density at radius 2 is 1.53 bits per heavy atom. The smallest absolute Gasteiger partial charge is 0.307 e. The molecular weight excluding hydrogens is 212 g/mol. The molecule has 0 amide bonds. The minimum atomic E-state index is -0.786. The van der Waals surface area contributed by atoms with Gasteiger partial charge in [-0.2, -0.15) is 0 Å². The summed E-state index contributed by atoms with van der Waals surface area (Å²) in [5.74, 6) is -0.786. The number of carboxylic acid groups (broad SMARTS) is 1. The van der Waals surface area contributed by atoms with Gasteiger partial charge in [-0.05, 0) is 5.56 Å². The van der Waals surface area contributed by atoms with Crippen LogP contribution in [0.3, 0.4) is 0 Å². The van der Waals surface area contributed by atoms with Gasteiger partial charge >= 0.3 is 5.97 Å². The first-order valence-corrected chi connectivity index (χ1v) is 6.46. The van der Waals surface area contributed by atoms with E-state index in [2.05, 4.69) is 13.8 Å². The molecule has 96 valence electrons. The van der Waals surface area contributed by atoms with E-state index in [-0.39, 0.29) is 6.42 Å². The van der Waals surface area contributed by atoms with Gasteiger partial charge in [0.05, 0.1) is 6.42 Å². The Balaban J connectivity index is 0.000000325. The van der Waals surface area contributed by atoms with E-state index in [0.29, 0.717) is 0 Å². The molecule has 1 N–H and O–H groups in total. The molecule has 0 saturated heterocycles. The molecule has 0 aliphatic rings. The topological polar surface area (TPSA) is 37.3 Å². The third-order valence-electron chi connectivity index (χ3n) is 2.41. The third-order valence-corrected chi connectivity index (χ3v) is 2.41. The van der Waals surface area contributed by atoms with Crippen LogP contribution < -0.4 is 0 Å². The summed E-state index contributed by atoms with van der Waals surface area (Å²) >= 11 is 0. The van der Waals surface area contributed by atoms with Gasteiger partial charge in [0.25, 0.3) is 0 Å². The maximum absolute atomic E-state index is 10.2. The molecular formula is C15H24O2. The zero-order chi connectivity index (χ0) is 12.9. The summed E-state index contributed by atoms with van der Waals surface area (Å²) in [5, 5.41) is 8.37. The van der Waals surface area contributed by atoms with E-state index in [1.807, 2.05) is 18.2 Å². The predicted molar refractivity (Wildman–Crippen MR) is 72.2 cm³/mol. The van der Waals surface area contributed by atoms with E-state index >= 15 is 0 Å². The van der Waals surface area contributed by atoms with E-state index in [1.54, 1.807) is 12.1 Å². The first-order chi connectivity index (χ1) is 8.20. The highest BCUT2D eigenvalue weighted by Gasteiger charge is 1.96. The second kappa shape index (κ2) is 11.2. The number of carboxylic acids is 1. The molecule has 1 aromatic carbocycles. The Morgan fingerprint density at radius 3 is 1.94 bits per heavy atom. The Kier molecular flexibility index (Phi) is 10.3. The molecule has 0 radical (unpaired) electrons. The van der Waals surface area contributed by atoms with Crippen molar-refractivity contribution in [3.63, 3.8) is 0 Å². The lowest BCUT2D eigenvalue weighted by atomic mass is 10.2. The molecule has 0 aliphatic heterocycles. The number of hydrogen-bond acceptors (Lipinski definition) is 1. The fraction of sp³-hybridized carbons (Fsp3) is 0.533. The highest BCUT2D eigenvalue weighted by atomic mass is 16.4. The Bertz CT molecular complexity index is 276. The van der Waals surface area contributed by atoms with Crippen LogP contribution in [-0.2, 0) is 11.2 Å². The van der Waals surface area contributed by atoms with Crippen LogP contribution >= 0.6 is 0 Å². The second-order valence-corrected chi connectivity index (χ2v) is 4.12. The highest BCUT2D eigenvalue weighted by molar-refractivity contribution is 5.70. The van der Waals surface area contributed by atoms with Crippen LogP contribution in [0.4, 0.5) is 0 Å². The average Bonchev–Trinajstić information content (AvgIpc) is 2.31. The molecule has 0 aliphatic carbocycles. The molecule has 0 spiro atoms. The van der Waals surface area contributed by atoms with Gasteiger partial charge in [0.15, 0.2) is 0 Å². The standard InChI is InChI=1S/C8H8O2.C7H16/c9-8(10)6-7-4-2-1-3-5-7;1-3-5-7-6-4-2/h1-5H,6H2,(H,9,10);3-7H2,1-2H3. The minimum absolute atomic E-state index is 0.112. The molecule has 0 aromatic heterocycles. The van der Waals surface area contributed by atoms with Gasteiger partial charge in [0.2, 0.25) is 0 Å². The Hall–Kier alpha value is -1.31. The van der Waals surface area contributed by atoms with E-state index in [0.717, 1.165) is 5.56 Å². The van der Waals surface area contributed by atoms with Crippen molar-refractivity contribution in [2.24, 2.45) is 0 Å². The molecule has 0 fully saturated rings. The number of hydrogen-bond donors (Lipinski definition) is 1. The van der Waals surface area contributed by atoms with Gasteiger partial charge in [-0.1, -0.05) is 76.3 Å². The lowest BCUT2D eigenvalue weighted by Gasteiger charge is -1.92. The lowest BCUT2D eigenvalue weighted by Crippen LogP contribution is -1.98. The lowest BCUT2D eigenvalue weighted by molar-refractivity contribution is -0.136. The quantitative estimate of drug-likeness (QED) is 0.748. The van der Waals surface area contributed by atoms with Crippen LogP contribution in [0.15, 0.2) is 30.3 Å². The maximum atomic E-state index is 10.2. The number of unbranched alkanes of at least 4 members (excludes halogenated alkanes) is 4. The summed E-state index contributed by atoms with van der Waals surface area (Å²) in [4.78, 5) is 10.2.